The molecule has 1 aliphatic rings. The van der Waals surface area contributed by atoms with Crippen LogP contribution in [0.3, 0.4) is 0 Å². The van der Waals surface area contributed by atoms with Gasteiger partial charge >= 0.3 is 0 Å². The average Bonchev–Trinajstić information content (AvgIpc) is 3.34. The van der Waals surface area contributed by atoms with E-state index in [9.17, 15) is 0 Å². The lowest BCUT2D eigenvalue weighted by molar-refractivity contribution is 0.372. The molecule has 3 aromatic rings. The summed E-state index contributed by atoms with van der Waals surface area (Å²) in [5.74, 6) is 2.04. The lowest BCUT2D eigenvalue weighted by atomic mass is 10.3. The Morgan fingerprint density at radius 3 is 2.70 bits per heavy atom. The Morgan fingerprint density at radius 2 is 1.96 bits per heavy atom. The molecule has 0 amide bonds. The third-order valence-corrected chi connectivity index (χ3v) is 6.00. The minimum Gasteiger partial charge on any atom is -0.360 e. The minimum absolute atomic E-state index is 0.832. The van der Waals surface area contributed by atoms with E-state index in [1.54, 1.807) is 0 Å². The number of piperazine rings is 1. The normalized spacial score (nSPS) is 15.6. The number of nitrogens with one attached hydrogen (secondary N) is 1. The zero-order valence-corrected chi connectivity index (χ0v) is 16.7. The van der Waals surface area contributed by atoms with Crippen molar-refractivity contribution in [3.05, 3.63) is 47.6 Å². The molecule has 0 radical (unpaired) electrons. The second kappa shape index (κ2) is 8.00. The highest BCUT2D eigenvalue weighted by atomic mass is 32.1. The van der Waals surface area contributed by atoms with Gasteiger partial charge in [0.1, 0.15) is 5.82 Å². The molecule has 4 rings (SSSR count). The van der Waals surface area contributed by atoms with Gasteiger partial charge in [0.25, 0.3) is 0 Å². The molecule has 1 N–H and O–H groups in total. The lowest BCUT2D eigenvalue weighted by Crippen LogP contribution is -2.52. The van der Waals surface area contributed by atoms with Gasteiger partial charge in [0.15, 0.2) is 5.96 Å². The Hall–Kier alpha value is -2.54. The van der Waals surface area contributed by atoms with Crippen LogP contribution in [0.15, 0.2) is 46.8 Å². The smallest absolute Gasteiger partial charge is 0.193 e. The fourth-order valence-corrected chi connectivity index (χ4v) is 4.46. The summed E-state index contributed by atoms with van der Waals surface area (Å²) in [5.41, 5.74) is 2.25. The molecule has 6 nitrogen and oxygen atoms in total. The number of benzene rings is 1. The van der Waals surface area contributed by atoms with Crippen LogP contribution in [-0.4, -0.2) is 60.2 Å². The molecular weight excluding hydrogens is 356 g/mol. The number of guanidine groups is 1. The summed E-state index contributed by atoms with van der Waals surface area (Å²) < 4.78 is 2.27. The van der Waals surface area contributed by atoms with E-state index < -0.39 is 0 Å². The Kier molecular flexibility index (Phi) is 5.29. The average molecular weight is 383 g/mol. The number of rotatable bonds is 4. The number of anilines is 1. The number of para-hydroxylation sites is 2. The van der Waals surface area contributed by atoms with Crippen molar-refractivity contribution in [2.45, 2.75) is 13.5 Å². The maximum Gasteiger partial charge on any atom is 0.193 e. The summed E-state index contributed by atoms with van der Waals surface area (Å²) in [6, 6.07) is 12.6. The molecule has 1 fully saturated rings. The van der Waals surface area contributed by atoms with Crippen molar-refractivity contribution in [1.82, 2.24) is 19.8 Å². The van der Waals surface area contributed by atoms with Gasteiger partial charge < -0.3 is 19.7 Å². The highest BCUT2D eigenvalue weighted by Gasteiger charge is 2.20. The van der Waals surface area contributed by atoms with Gasteiger partial charge in [0.2, 0.25) is 0 Å². The number of fused-ring (bicyclic) bond motifs is 1. The topological polar surface area (TPSA) is 48.7 Å². The van der Waals surface area contributed by atoms with Crippen molar-refractivity contribution < 1.29 is 0 Å². The second-order valence-electron chi connectivity index (χ2n) is 6.70. The van der Waals surface area contributed by atoms with E-state index in [4.69, 9.17) is 0 Å². The number of aliphatic imine (C=N–C) groups is 1. The summed E-state index contributed by atoms with van der Waals surface area (Å²) >= 11 is 1.81. The van der Waals surface area contributed by atoms with Crippen molar-refractivity contribution in [2.24, 2.45) is 4.99 Å². The SMILES string of the molecule is CN=C(NCCn1c(C)nc2ccccc21)N1CCN(c2cccs2)CC1. The van der Waals surface area contributed by atoms with Gasteiger partial charge in [-0.2, -0.15) is 0 Å². The maximum absolute atomic E-state index is 4.64. The molecule has 1 saturated heterocycles. The number of aryl methyl sites for hydroxylation is 1. The number of hydrogen-bond acceptors (Lipinski definition) is 4. The van der Waals surface area contributed by atoms with Crippen molar-refractivity contribution in [3.63, 3.8) is 0 Å². The molecule has 2 aromatic heterocycles. The number of aromatic nitrogens is 2. The molecular formula is C20H26N6S. The summed E-state index contributed by atoms with van der Waals surface area (Å²) in [6.07, 6.45) is 0. The van der Waals surface area contributed by atoms with E-state index in [1.807, 2.05) is 24.5 Å². The molecule has 0 unspecified atom stereocenters. The Bertz CT molecular complexity index is 906. The molecule has 1 aliphatic heterocycles. The largest absolute Gasteiger partial charge is 0.360 e. The standard InChI is InChI=1S/C20H26N6S/c1-16-23-17-6-3-4-7-18(17)26(16)10-9-22-20(21-2)25-13-11-24(12-14-25)19-8-5-15-27-19/h3-8,15H,9-14H2,1-2H3,(H,21,22). The number of thiophene rings is 1. The van der Waals surface area contributed by atoms with Crippen LogP contribution in [0.4, 0.5) is 5.00 Å². The Balaban J connectivity index is 1.33. The van der Waals surface area contributed by atoms with Gasteiger partial charge in [-0.3, -0.25) is 4.99 Å². The molecule has 0 spiro atoms. The van der Waals surface area contributed by atoms with Crippen LogP contribution in [0.5, 0.6) is 0 Å². The highest BCUT2D eigenvalue weighted by molar-refractivity contribution is 7.14. The summed E-state index contributed by atoms with van der Waals surface area (Å²) in [4.78, 5) is 13.9. The molecule has 0 aliphatic carbocycles. The number of nitrogens with zero attached hydrogens (tertiary/aromatic N) is 5. The Morgan fingerprint density at radius 1 is 1.15 bits per heavy atom. The third kappa shape index (κ3) is 3.78. The number of imidazole rings is 1. The van der Waals surface area contributed by atoms with Crippen molar-refractivity contribution in [1.29, 1.82) is 0 Å². The van der Waals surface area contributed by atoms with Gasteiger partial charge in [-0.15, -0.1) is 11.3 Å². The molecule has 142 valence electrons. The van der Waals surface area contributed by atoms with E-state index in [-0.39, 0.29) is 0 Å². The molecule has 3 heterocycles. The van der Waals surface area contributed by atoms with Crippen LogP contribution in [0.1, 0.15) is 5.82 Å². The first-order valence-electron chi connectivity index (χ1n) is 9.42. The van der Waals surface area contributed by atoms with Crippen molar-refractivity contribution in [2.75, 3.05) is 44.7 Å². The summed E-state index contributed by atoms with van der Waals surface area (Å²) in [7, 11) is 1.87. The molecule has 0 atom stereocenters. The second-order valence-corrected chi connectivity index (χ2v) is 7.62. The first-order valence-corrected chi connectivity index (χ1v) is 10.3. The van der Waals surface area contributed by atoms with Gasteiger partial charge in [-0.25, -0.2) is 4.98 Å². The summed E-state index contributed by atoms with van der Waals surface area (Å²) in [6.45, 7) is 7.83. The van der Waals surface area contributed by atoms with Crippen LogP contribution in [0, 0.1) is 6.92 Å². The number of hydrogen-bond donors (Lipinski definition) is 1. The highest BCUT2D eigenvalue weighted by Crippen LogP contribution is 2.22. The van der Waals surface area contributed by atoms with Crippen LogP contribution in [0.25, 0.3) is 11.0 Å². The van der Waals surface area contributed by atoms with Gasteiger partial charge in [0.05, 0.1) is 16.0 Å². The molecule has 1 aromatic carbocycles. The monoisotopic (exact) mass is 382 g/mol. The van der Waals surface area contributed by atoms with E-state index in [2.05, 4.69) is 72.3 Å². The molecule has 7 heteroatoms. The van der Waals surface area contributed by atoms with E-state index >= 15 is 0 Å². The predicted octanol–water partition coefficient (Wildman–Crippen LogP) is 2.80. The quantitative estimate of drug-likeness (QED) is 0.557. The van der Waals surface area contributed by atoms with Gasteiger partial charge in [-0.05, 0) is 36.6 Å². The zero-order chi connectivity index (χ0) is 18.6. The maximum atomic E-state index is 4.64. The molecule has 27 heavy (non-hydrogen) atoms. The lowest BCUT2D eigenvalue weighted by Gasteiger charge is -2.37. The first-order chi connectivity index (χ1) is 13.3. The van der Waals surface area contributed by atoms with Gasteiger partial charge in [-0.1, -0.05) is 12.1 Å². The third-order valence-electron chi connectivity index (χ3n) is 5.07. The van der Waals surface area contributed by atoms with Crippen molar-refractivity contribution in [3.8, 4) is 0 Å². The van der Waals surface area contributed by atoms with Gasteiger partial charge in [0, 0.05) is 46.3 Å². The predicted molar refractivity (Wildman–Crippen MR) is 114 cm³/mol. The zero-order valence-electron chi connectivity index (χ0n) is 15.9. The fourth-order valence-electron chi connectivity index (χ4n) is 3.68. The van der Waals surface area contributed by atoms with E-state index in [1.165, 1.54) is 10.5 Å². The molecule has 0 saturated carbocycles. The van der Waals surface area contributed by atoms with Crippen molar-refractivity contribution >= 4 is 33.3 Å². The van der Waals surface area contributed by atoms with Crippen LogP contribution in [-0.2, 0) is 6.54 Å². The Labute approximate surface area is 164 Å². The van der Waals surface area contributed by atoms with Crippen LogP contribution in [0.2, 0.25) is 0 Å². The fraction of sp³-hybridized carbons (Fsp3) is 0.400. The van der Waals surface area contributed by atoms with Crippen LogP contribution >= 0.6 is 11.3 Å². The summed E-state index contributed by atoms with van der Waals surface area (Å²) in [5, 5.41) is 7.03. The first kappa shape index (κ1) is 17.9. The van der Waals surface area contributed by atoms with E-state index in [0.717, 1.165) is 56.6 Å². The van der Waals surface area contributed by atoms with E-state index in [0.29, 0.717) is 0 Å². The minimum atomic E-state index is 0.832. The molecule has 0 bridgehead atoms. The van der Waals surface area contributed by atoms with Crippen LogP contribution < -0.4 is 10.2 Å².